The fraction of sp³-hybridized carbons (Fsp3) is 0.500. The average molecular weight is 424 g/mol. The Balaban J connectivity index is 1.95. The summed E-state index contributed by atoms with van der Waals surface area (Å²) < 4.78 is 27.7. The Morgan fingerprint density at radius 1 is 1.18 bits per heavy atom. The van der Waals surface area contributed by atoms with E-state index >= 15 is 0 Å². The van der Waals surface area contributed by atoms with E-state index in [9.17, 15) is 13.2 Å². The summed E-state index contributed by atoms with van der Waals surface area (Å²) in [5.74, 6) is -0.254. The lowest BCUT2D eigenvalue weighted by molar-refractivity contribution is 0.0952. The Labute approximate surface area is 171 Å². The Hall–Kier alpha value is -1.77. The number of rotatable bonds is 8. The third-order valence-corrected chi connectivity index (χ3v) is 6.76. The first-order chi connectivity index (χ1) is 13.0. The first kappa shape index (κ1) is 22.5. The molecule has 28 heavy (non-hydrogen) atoms. The monoisotopic (exact) mass is 423 g/mol. The van der Waals surface area contributed by atoms with Crippen LogP contribution >= 0.6 is 11.3 Å². The summed E-state index contributed by atoms with van der Waals surface area (Å²) in [7, 11) is -3.68. The maximum absolute atomic E-state index is 12.5. The van der Waals surface area contributed by atoms with Gasteiger partial charge in [-0.2, -0.15) is 0 Å². The van der Waals surface area contributed by atoms with Crippen molar-refractivity contribution in [2.75, 3.05) is 6.54 Å². The summed E-state index contributed by atoms with van der Waals surface area (Å²) in [6.07, 6.45) is 2.68. The Morgan fingerprint density at radius 2 is 1.89 bits per heavy atom. The van der Waals surface area contributed by atoms with Crippen molar-refractivity contribution in [2.45, 2.75) is 64.3 Å². The number of hydrogen-bond donors (Lipinski definition) is 2. The minimum Gasteiger partial charge on any atom is -0.352 e. The van der Waals surface area contributed by atoms with Gasteiger partial charge < -0.3 is 5.32 Å². The highest BCUT2D eigenvalue weighted by Gasteiger charge is 2.23. The van der Waals surface area contributed by atoms with E-state index < -0.39 is 15.6 Å². The zero-order chi connectivity index (χ0) is 20.9. The highest BCUT2D eigenvalue weighted by Crippen LogP contribution is 2.18. The van der Waals surface area contributed by atoms with Crippen LogP contribution in [0.4, 0.5) is 0 Å². The van der Waals surface area contributed by atoms with Crippen LogP contribution in [0.25, 0.3) is 0 Å². The molecule has 0 radical (unpaired) electrons. The predicted octanol–water partition coefficient (Wildman–Crippen LogP) is 3.59. The number of amides is 1. The maximum atomic E-state index is 12.5. The molecule has 0 aliphatic carbocycles. The molecule has 1 aromatic carbocycles. The van der Waals surface area contributed by atoms with Gasteiger partial charge in [0.25, 0.3) is 5.91 Å². The third-order valence-electron chi connectivity index (χ3n) is 3.97. The van der Waals surface area contributed by atoms with E-state index in [1.807, 2.05) is 12.3 Å². The van der Waals surface area contributed by atoms with E-state index in [4.69, 9.17) is 0 Å². The van der Waals surface area contributed by atoms with Gasteiger partial charge in [0.1, 0.15) is 0 Å². The van der Waals surface area contributed by atoms with Crippen molar-refractivity contribution >= 4 is 27.3 Å². The number of nitrogens with one attached hydrogen (secondary N) is 2. The highest BCUT2D eigenvalue weighted by molar-refractivity contribution is 7.89. The number of nitrogens with zero attached hydrogens (tertiary/aromatic N) is 1. The van der Waals surface area contributed by atoms with Crippen LogP contribution in [0.2, 0.25) is 0 Å². The van der Waals surface area contributed by atoms with Crippen molar-refractivity contribution in [3.8, 4) is 0 Å². The second kappa shape index (κ2) is 9.15. The largest absolute Gasteiger partial charge is 0.352 e. The van der Waals surface area contributed by atoms with Gasteiger partial charge >= 0.3 is 0 Å². The van der Waals surface area contributed by atoms with E-state index in [-0.39, 0.29) is 10.8 Å². The van der Waals surface area contributed by atoms with Crippen LogP contribution in [0.3, 0.4) is 0 Å². The van der Waals surface area contributed by atoms with Gasteiger partial charge in [0.05, 0.1) is 9.90 Å². The SMILES string of the molecule is Cc1csc(CCCCNC(=O)c2cc(S(=O)(=O)NC(C)(C)C)ccc2C)n1. The van der Waals surface area contributed by atoms with Crippen LogP contribution in [0, 0.1) is 13.8 Å². The lowest BCUT2D eigenvalue weighted by atomic mass is 10.1. The van der Waals surface area contributed by atoms with Crippen molar-refractivity contribution in [1.29, 1.82) is 0 Å². The molecule has 2 aromatic rings. The van der Waals surface area contributed by atoms with Crippen LogP contribution in [-0.4, -0.2) is 31.4 Å². The van der Waals surface area contributed by atoms with Gasteiger partial charge in [0.15, 0.2) is 0 Å². The number of aromatic nitrogens is 1. The number of unbranched alkanes of at least 4 members (excludes halogenated alkanes) is 1. The van der Waals surface area contributed by atoms with Gasteiger partial charge in [0, 0.05) is 28.7 Å². The van der Waals surface area contributed by atoms with Crippen molar-refractivity contribution in [2.24, 2.45) is 0 Å². The molecule has 1 amide bonds. The number of thiazole rings is 1. The molecule has 0 aliphatic rings. The topological polar surface area (TPSA) is 88.2 Å². The van der Waals surface area contributed by atoms with E-state index in [0.717, 1.165) is 35.5 Å². The molecule has 0 unspecified atom stereocenters. The normalized spacial score (nSPS) is 12.2. The summed E-state index contributed by atoms with van der Waals surface area (Å²) in [5, 5.41) is 6.04. The minimum atomic E-state index is -3.68. The number of benzene rings is 1. The Bertz CT molecular complexity index is 928. The predicted molar refractivity (Wildman–Crippen MR) is 113 cm³/mol. The fourth-order valence-electron chi connectivity index (χ4n) is 2.69. The standard InChI is InChI=1S/C20H29N3O3S2/c1-14-9-10-16(28(25,26)23-20(3,4)5)12-17(14)19(24)21-11-7-6-8-18-22-15(2)13-27-18/h9-10,12-13,23H,6-8,11H2,1-5H3,(H,21,24). The molecule has 1 aromatic heterocycles. The molecule has 2 N–H and O–H groups in total. The molecule has 0 bridgehead atoms. The van der Waals surface area contributed by atoms with Gasteiger partial charge in [0.2, 0.25) is 10.0 Å². The van der Waals surface area contributed by atoms with Crippen molar-refractivity contribution < 1.29 is 13.2 Å². The number of aryl methyl sites for hydroxylation is 3. The lowest BCUT2D eigenvalue weighted by Gasteiger charge is -2.20. The van der Waals surface area contributed by atoms with Crippen LogP contribution in [0.15, 0.2) is 28.5 Å². The van der Waals surface area contributed by atoms with Crippen LogP contribution in [-0.2, 0) is 16.4 Å². The third kappa shape index (κ3) is 6.68. The molecule has 6 nitrogen and oxygen atoms in total. The van der Waals surface area contributed by atoms with Crippen LogP contribution in [0.5, 0.6) is 0 Å². The average Bonchev–Trinajstić information content (AvgIpc) is 2.97. The molecule has 1 heterocycles. The second-order valence-electron chi connectivity index (χ2n) is 7.93. The zero-order valence-corrected chi connectivity index (χ0v) is 18.8. The molecule has 0 fully saturated rings. The highest BCUT2D eigenvalue weighted by atomic mass is 32.2. The molecule has 8 heteroatoms. The van der Waals surface area contributed by atoms with Gasteiger partial charge in [-0.15, -0.1) is 11.3 Å². The molecular formula is C20H29N3O3S2. The number of sulfonamides is 1. The first-order valence-electron chi connectivity index (χ1n) is 9.32. The second-order valence-corrected chi connectivity index (χ2v) is 10.6. The van der Waals surface area contributed by atoms with Gasteiger partial charge in [-0.25, -0.2) is 18.1 Å². The van der Waals surface area contributed by atoms with E-state index in [1.165, 1.54) is 12.1 Å². The van der Waals surface area contributed by atoms with Gasteiger partial charge in [-0.3, -0.25) is 4.79 Å². The van der Waals surface area contributed by atoms with Crippen molar-refractivity contribution in [1.82, 2.24) is 15.0 Å². The van der Waals surface area contributed by atoms with Crippen molar-refractivity contribution in [3.05, 3.63) is 45.4 Å². The summed E-state index contributed by atoms with van der Waals surface area (Å²) >= 11 is 1.66. The molecule has 0 saturated heterocycles. The van der Waals surface area contributed by atoms with Gasteiger partial charge in [-0.1, -0.05) is 6.07 Å². The summed E-state index contributed by atoms with van der Waals surface area (Å²) in [6.45, 7) is 9.65. The molecule has 0 aliphatic heterocycles. The number of carbonyl (C=O) groups excluding carboxylic acids is 1. The zero-order valence-electron chi connectivity index (χ0n) is 17.1. The molecule has 2 rings (SSSR count). The maximum Gasteiger partial charge on any atom is 0.251 e. The summed E-state index contributed by atoms with van der Waals surface area (Å²) in [6, 6.07) is 4.63. The Kier molecular flexibility index (Phi) is 7.36. The molecule has 154 valence electrons. The number of carbonyl (C=O) groups is 1. The van der Waals surface area contributed by atoms with E-state index in [1.54, 1.807) is 45.1 Å². The fourth-order valence-corrected chi connectivity index (χ4v) is 4.95. The van der Waals surface area contributed by atoms with Crippen molar-refractivity contribution in [3.63, 3.8) is 0 Å². The number of hydrogen-bond acceptors (Lipinski definition) is 5. The lowest BCUT2D eigenvalue weighted by Crippen LogP contribution is -2.40. The first-order valence-corrected chi connectivity index (χ1v) is 11.7. The van der Waals surface area contributed by atoms with Crippen LogP contribution < -0.4 is 10.0 Å². The van der Waals surface area contributed by atoms with E-state index in [2.05, 4.69) is 15.0 Å². The van der Waals surface area contributed by atoms with Crippen LogP contribution in [0.1, 0.15) is 60.2 Å². The van der Waals surface area contributed by atoms with E-state index in [0.29, 0.717) is 12.1 Å². The molecule has 0 spiro atoms. The van der Waals surface area contributed by atoms with Gasteiger partial charge in [-0.05, 0) is 71.6 Å². The molecule has 0 saturated carbocycles. The summed E-state index contributed by atoms with van der Waals surface area (Å²) in [5.41, 5.74) is 1.57. The minimum absolute atomic E-state index is 0.0947. The molecular weight excluding hydrogens is 394 g/mol. The quantitative estimate of drug-likeness (QED) is 0.635. The Morgan fingerprint density at radius 3 is 2.50 bits per heavy atom. The smallest absolute Gasteiger partial charge is 0.251 e. The summed E-state index contributed by atoms with van der Waals surface area (Å²) in [4.78, 5) is 17.1. The molecule has 0 atom stereocenters.